The Kier molecular flexibility index (Phi) is 2.70. The third kappa shape index (κ3) is 2.13. The van der Waals surface area contributed by atoms with E-state index in [0.29, 0.717) is 6.04 Å². The van der Waals surface area contributed by atoms with E-state index in [4.69, 9.17) is 0 Å². The van der Waals surface area contributed by atoms with Gasteiger partial charge in [-0.3, -0.25) is 0 Å². The number of aliphatic hydroxyl groups is 1. The van der Waals surface area contributed by atoms with Crippen LogP contribution in [0, 0.1) is 0 Å². The molecule has 16 heavy (non-hydrogen) atoms. The van der Waals surface area contributed by atoms with Crippen LogP contribution < -0.4 is 5.32 Å². The minimum atomic E-state index is -0.0591. The molecular weight excluding hydrogens is 198 g/mol. The van der Waals surface area contributed by atoms with Crippen LogP contribution >= 0.6 is 0 Å². The zero-order valence-corrected chi connectivity index (χ0v) is 9.52. The van der Waals surface area contributed by atoms with Crippen molar-refractivity contribution in [3.05, 3.63) is 35.4 Å². The fourth-order valence-electron chi connectivity index (χ4n) is 2.50. The van der Waals surface area contributed by atoms with Crippen LogP contribution in [0.25, 0.3) is 0 Å². The van der Waals surface area contributed by atoms with E-state index in [0.717, 1.165) is 25.3 Å². The van der Waals surface area contributed by atoms with Gasteiger partial charge in [0.05, 0.1) is 6.10 Å². The molecule has 2 aliphatic rings. The Morgan fingerprint density at radius 3 is 2.62 bits per heavy atom. The highest BCUT2D eigenvalue weighted by Gasteiger charge is 2.28. The molecule has 2 aliphatic carbocycles. The van der Waals surface area contributed by atoms with Crippen LogP contribution in [0.1, 0.15) is 42.7 Å². The van der Waals surface area contributed by atoms with E-state index in [1.165, 1.54) is 24.0 Å². The molecule has 0 heterocycles. The Balaban J connectivity index is 1.60. The highest BCUT2D eigenvalue weighted by Crippen LogP contribution is 2.41. The maximum Gasteiger partial charge on any atom is 0.0570 e. The molecule has 1 aromatic rings. The van der Waals surface area contributed by atoms with Gasteiger partial charge in [0.25, 0.3) is 0 Å². The molecule has 2 N–H and O–H groups in total. The second-order valence-electron chi connectivity index (χ2n) is 5.18. The summed E-state index contributed by atoms with van der Waals surface area (Å²) in [6.07, 6.45) is 4.51. The lowest BCUT2D eigenvalue weighted by Gasteiger charge is -2.32. The van der Waals surface area contributed by atoms with Crippen molar-refractivity contribution in [2.45, 2.75) is 50.3 Å². The minimum absolute atomic E-state index is 0.0591. The summed E-state index contributed by atoms with van der Waals surface area (Å²) in [5.74, 6) is 0.824. The van der Waals surface area contributed by atoms with Gasteiger partial charge in [0.2, 0.25) is 0 Å². The zero-order chi connectivity index (χ0) is 11.0. The Labute approximate surface area is 96.7 Å². The van der Waals surface area contributed by atoms with Crippen molar-refractivity contribution < 1.29 is 5.11 Å². The number of hydrogen-bond acceptors (Lipinski definition) is 2. The van der Waals surface area contributed by atoms with Crippen molar-refractivity contribution in [2.24, 2.45) is 0 Å². The third-order valence-corrected chi connectivity index (χ3v) is 3.77. The van der Waals surface area contributed by atoms with Crippen molar-refractivity contribution >= 4 is 0 Å². The van der Waals surface area contributed by atoms with E-state index >= 15 is 0 Å². The summed E-state index contributed by atoms with van der Waals surface area (Å²) >= 11 is 0. The lowest BCUT2D eigenvalue weighted by atomic mass is 9.89. The molecule has 2 nitrogen and oxygen atoms in total. The maximum absolute atomic E-state index is 9.23. The highest BCUT2D eigenvalue weighted by molar-refractivity contribution is 5.33. The quantitative estimate of drug-likeness (QED) is 0.810. The first-order valence-corrected chi connectivity index (χ1v) is 6.32. The Morgan fingerprint density at radius 1 is 1.19 bits per heavy atom. The van der Waals surface area contributed by atoms with Crippen molar-refractivity contribution in [1.29, 1.82) is 0 Å². The summed E-state index contributed by atoms with van der Waals surface area (Å²) in [6, 6.07) is 9.30. The molecule has 2 saturated carbocycles. The van der Waals surface area contributed by atoms with Gasteiger partial charge in [0, 0.05) is 12.6 Å². The van der Waals surface area contributed by atoms with Gasteiger partial charge in [0.15, 0.2) is 0 Å². The van der Waals surface area contributed by atoms with Crippen molar-refractivity contribution in [2.75, 3.05) is 0 Å². The number of benzene rings is 1. The second kappa shape index (κ2) is 4.19. The van der Waals surface area contributed by atoms with Gasteiger partial charge >= 0.3 is 0 Å². The van der Waals surface area contributed by atoms with Gasteiger partial charge in [-0.05, 0) is 42.7 Å². The van der Waals surface area contributed by atoms with E-state index in [1.807, 2.05) is 0 Å². The molecule has 3 rings (SSSR count). The molecule has 0 spiro atoms. The van der Waals surface area contributed by atoms with E-state index in [9.17, 15) is 5.11 Å². The highest BCUT2D eigenvalue weighted by atomic mass is 16.3. The molecule has 0 amide bonds. The lowest BCUT2D eigenvalue weighted by molar-refractivity contribution is 0.0619. The lowest BCUT2D eigenvalue weighted by Crippen LogP contribution is -2.43. The first-order chi connectivity index (χ1) is 7.83. The van der Waals surface area contributed by atoms with Gasteiger partial charge in [-0.2, -0.15) is 0 Å². The number of hydrogen-bond donors (Lipinski definition) is 2. The van der Waals surface area contributed by atoms with Gasteiger partial charge in [-0.15, -0.1) is 0 Å². The minimum Gasteiger partial charge on any atom is -0.393 e. The third-order valence-electron chi connectivity index (χ3n) is 3.77. The molecule has 0 atom stereocenters. The van der Waals surface area contributed by atoms with Gasteiger partial charge in [0.1, 0.15) is 0 Å². The summed E-state index contributed by atoms with van der Waals surface area (Å²) < 4.78 is 0. The predicted octanol–water partition coefficient (Wildman–Crippen LogP) is 2.18. The Morgan fingerprint density at radius 2 is 1.94 bits per heavy atom. The van der Waals surface area contributed by atoms with Crippen LogP contribution in [0.5, 0.6) is 0 Å². The summed E-state index contributed by atoms with van der Waals surface area (Å²) in [5, 5.41) is 12.8. The van der Waals surface area contributed by atoms with Crippen LogP contribution in [0.15, 0.2) is 24.3 Å². The molecule has 1 aromatic carbocycles. The van der Waals surface area contributed by atoms with Crippen LogP contribution in [0.2, 0.25) is 0 Å². The van der Waals surface area contributed by atoms with Crippen LogP contribution in [0.4, 0.5) is 0 Å². The number of rotatable bonds is 4. The maximum atomic E-state index is 9.23. The van der Waals surface area contributed by atoms with Gasteiger partial charge < -0.3 is 10.4 Å². The van der Waals surface area contributed by atoms with E-state index in [1.54, 1.807) is 0 Å². The summed E-state index contributed by atoms with van der Waals surface area (Å²) in [5.41, 5.74) is 2.99. The molecule has 0 bridgehead atoms. The standard InChI is InChI=1S/C14H19NO/c16-13-7-12(8-13)15-9-11-3-1-2-4-14(11)10-5-6-10/h1-4,10,12-13,15-16H,5-9H2. The molecular formula is C14H19NO. The van der Waals surface area contributed by atoms with E-state index < -0.39 is 0 Å². The molecule has 0 aromatic heterocycles. The van der Waals surface area contributed by atoms with Crippen molar-refractivity contribution in [3.8, 4) is 0 Å². The fraction of sp³-hybridized carbons (Fsp3) is 0.571. The molecule has 0 saturated heterocycles. The summed E-state index contributed by atoms with van der Waals surface area (Å²) in [7, 11) is 0. The van der Waals surface area contributed by atoms with Gasteiger partial charge in [-0.1, -0.05) is 24.3 Å². The smallest absolute Gasteiger partial charge is 0.0570 e. The van der Waals surface area contributed by atoms with E-state index in [-0.39, 0.29) is 6.10 Å². The normalized spacial score (nSPS) is 28.8. The first kappa shape index (κ1) is 10.3. The monoisotopic (exact) mass is 217 g/mol. The van der Waals surface area contributed by atoms with Crippen molar-refractivity contribution in [3.63, 3.8) is 0 Å². The van der Waals surface area contributed by atoms with Crippen LogP contribution in [-0.4, -0.2) is 17.3 Å². The summed E-state index contributed by atoms with van der Waals surface area (Å²) in [6.45, 7) is 0.962. The van der Waals surface area contributed by atoms with Crippen LogP contribution in [0.3, 0.4) is 0 Å². The van der Waals surface area contributed by atoms with Gasteiger partial charge in [-0.25, -0.2) is 0 Å². The first-order valence-electron chi connectivity index (χ1n) is 6.32. The fourth-order valence-corrected chi connectivity index (χ4v) is 2.50. The average molecular weight is 217 g/mol. The SMILES string of the molecule is OC1CC(NCc2ccccc2C2CC2)C1. The summed E-state index contributed by atoms with van der Waals surface area (Å²) in [4.78, 5) is 0. The topological polar surface area (TPSA) is 32.3 Å². The predicted molar refractivity (Wildman–Crippen MR) is 64.3 cm³/mol. The van der Waals surface area contributed by atoms with E-state index in [2.05, 4.69) is 29.6 Å². The van der Waals surface area contributed by atoms with Crippen molar-refractivity contribution in [1.82, 2.24) is 5.32 Å². The molecule has 2 heteroatoms. The molecule has 2 fully saturated rings. The number of aliphatic hydroxyl groups excluding tert-OH is 1. The van der Waals surface area contributed by atoms with Crippen LogP contribution in [-0.2, 0) is 6.54 Å². The molecule has 0 aliphatic heterocycles. The Hall–Kier alpha value is -0.860. The second-order valence-corrected chi connectivity index (χ2v) is 5.18. The molecule has 0 radical (unpaired) electrons. The Bertz CT molecular complexity index is 367. The average Bonchev–Trinajstić information content (AvgIpc) is 3.07. The molecule has 86 valence electrons. The largest absolute Gasteiger partial charge is 0.393 e. The zero-order valence-electron chi connectivity index (χ0n) is 9.52. The molecule has 0 unspecified atom stereocenters. The number of nitrogens with one attached hydrogen (secondary N) is 1.